The van der Waals surface area contributed by atoms with Crippen LogP contribution in [0.1, 0.15) is 26.3 Å². The maximum absolute atomic E-state index is 12.0. The lowest BCUT2D eigenvalue weighted by Crippen LogP contribution is -2.27. The average molecular weight is 344 g/mol. The van der Waals surface area contributed by atoms with E-state index in [9.17, 15) is 19.8 Å². The molecule has 25 heavy (non-hydrogen) atoms. The van der Waals surface area contributed by atoms with Crippen molar-refractivity contribution in [1.82, 2.24) is 5.32 Å². The van der Waals surface area contributed by atoms with Crippen LogP contribution in [0.15, 0.2) is 36.4 Å². The minimum atomic E-state index is -0.561. The summed E-state index contributed by atoms with van der Waals surface area (Å²) in [6.45, 7) is 2.52. The van der Waals surface area contributed by atoms with Crippen LogP contribution in [0.3, 0.4) is 0 Å². The Labute approximate surface area is 145 Å². The maximum Gasteiger partial charge on any atom is 0.252 e. The number of ether oxygens (including phenoxy) is 1. The van der Waals surface area contributed by atoms with E-state index in [0.717, 1.165) is 5.56 Å². The summed E-state index contributed by atoms with van der Waals surface area (Å²) in [4.78, 5) is 23.4. The standard InChI is InChI=1S/C18H20N2O5/c1-11-2-5-17(13(8-11)18(19)24)25-7-6-20-10-16(23)12-3-4-14(21)15(22)9-12/h2-5,8-9,20-22H,6-7,10H2,1H3,(H2,19,24). The number of aromatic hydroxyl groups is 2. The van der Waals surface area contributed by atoms with Crippen molar-refractivity contribution in [2.45, 2.75) is 6.92 Å². The van der Waals surface area contributed by atoms with Gasteiger partial charge in [0.2, 0.25) is 0 Å². The third-order valence-corrected chi connectivity index (χ3v) is 3.52. The van der Waals surface area contributed by atoms with E-state index >= 15 is 0 Å². The highest BCUT2D eigenvalue weighted by atomic mass is 16.5. The number of Topliss-reactive ketones (excluding diaryl/α,β-unsaturated/α-hetero) is 1. The zero-order valence-electron chi connectivity index (χ0n) is 13.8. The SMILES string of the molecule is Cc1ccc(OCCNCC(=O)c2ccc(O)c(O)c2)c(C(N)=O)c1. The third kappa shape index (κ3) is 4.95. The minimum absolute atomic E-state index is 0.0458. The summed E-state index contributed by atoms with van der Waals surface area (Å²) >= 11 is 0. The van der Waals surface area contributed by atoms with Crippen LogP contribution in [0.2, 0.25) is 0 Å². The molecule has 0 aliphatic carbocycles. The van der Waals surface area contributed by atoms with Crippen LogP contribution in [0.25, 0.3) is 0 Å². The Bertz CT molecular complexity index is 789. The predicted octanol–water partition coefficient (Wildman–Crippen LogP) is 1.36. The van der Waals surface area contributed by atoms with Crippen molar-refractivity contribution in [2.75, 3.05) is 19.7 Å². The number of rotatable bonds is 8. The van der Waals surface area contributed by atoms with Crippen molar-refractivity contribution in [1.29, 1.82) is 0 Å². The molecule has 0 aliphatic heterocycles. The first-order chi connectivity index (χ1) is 11.9. The highest BCUT2D eigenvalue weighted by molar-refractivity contribution is 5.98. The van der Waals surface area contributed by atoms with E-state index in [0.29, 0.717) is 23.4 Å². The molecule has 7 nitrogen and oxygen atoms in total. The fourth-order valence-electron chi connectivity index (χ4n) is 2.20. The molecule has 0 fully saturated rings. The van der Waals surface area contributed by atoms with Gasteiger partial charge in [0.25, 0.3) is 5.91 Å². The molecule has 0 heterocycles. The summed E-state index contributed by atoms with van der Waals surface area (Å²) in [6.07, 6.45) is 0. The number of phenols is 2. The van der Waals surface area contributed by atoms with Crippen LogP contribution in [0, 0.1) is 6.92 Å². The Kier molecular flexibility index (Phi) is 5.97. The number of carbonyl (C=O) groups is 2. The van der Waals surface area contributed by atoms with Gasteiger partial charge in [-0.05, 0) is 37.3 Å². The van der Waals surface area contributed by atoms with Crippen LogP contribution in [-0.4, -0.2) is 41.6 Å². The molecular weight excluding hydrogens is 324 g/mol. The molecule has 0 spiro atoms. The Morgan fingerprint density at radius 1 is 1.12 bits per heavy atom. The molecule has 0 bridgehead atoms. The van der Waals surface area contributed by atoms with Crippen molar-refractivity contribution >= 4 is 11.7 Å². The number of benzene rings is 2. The largest absolute Gasteiger partial charge is 0.504 e. The Hall–Kier alpha value is -3.06. The molecule has 7 heteroatoms. The molecule has 2 aromatic rings. The summed E-state index contributed by atoms with van der Waals surface area (Å²) in [6, 6.07) is 9.05. The molecule has 0 unspecified atom stereocenters. The van der Waals surface area contributed by atoms with Crippen molar-refractivity contribution in [3.8, 4) is 17.2 Å². The van der Waals surface area contributed by atoms with Crippen molar-refractivity contribution in [2.24, 2.45) is 5.73 Å². The quantitative estimate of drug-likeness (QED) is 0.326. The van der Waals surface area contributed by atoms with Gasteiger partial charge >= 0.3 is 0 Å². The number of phenolic OH excluding ortho intramolecular Hbond substituents is 2. The van der Waals surface area contributed by atoms with Gasteiger partial charge in [-0.25, -0.2) is 0 Å². The first-order valence-corrected chi connectivity index (χ1v) is 7.67. The molecule has 2 rings (SSSR count). The molecule has 5 N–H and O–H groups in total. The van der Waals surface area contributed by atoms with Crippen molar-refractivity contribution in [3.05, 3.63) is 53.1 Å². The summed E-state index contributed by atoms with van der Waals surface area (Å²) < 4.78 is 5.53. The molecule has 0 aromatic heterocycles. The van der Waals surface area contributed by atoms with Gasteiger partial charge < -0.3 is 26.0 Å². The molecular formula is C18H20N2O5. The van der Waals surface area contributed by atoms with E-state index in [1.807, 2.05) is 13.0 Å². The highest BCUT2D eigenvalue weighted by Gasteiger charge is 2.10. The lowest BCUT2D eigenvalue weighted by Gasteiger charge is -2.11. The van der Waals surface area contributed by atoms with Gasteiger partial charge in [0, 0.05) is 12.1 Å². The first-order valence-electron chi connectivity index (χ1n) is 7.67. The molecule has 0 saturated carbocycles. The first kappa shape index (κ1) is 18.3. The van der Waals surface area contributed by atoms with E-state index in [1.54, 1.807) is 12.1 Å². The minimum Gasteiger partial charge on any atom is -0.504 e. The monoisotopic (exact) mass is 344 g/mol. The second-order valence-corrected chi connectivity index (χ2v) is 5.52. The van der Waals surface area contributed by atoms with Crippen LogP contribution >= 0.6 is 0 Å². The van der Waals surface area contributed by atoms with Gasteiger partial charge in [-0.1, -0.05) is 11.6 Å². The van der Waals surface area contributed by atoms with Gasteiger partial charge in [-0.15, -0.1) is 0 Å². The molecule has 0 atom stereocenters. The smallest absolute Gasteiger partial charge is 0.252 e. The summed E-state index contributed by atoms with van der Waals surface area (Å²) in [5, 5.41) is 21.5. The number of ketones is 1. The summed E-state index contributed by atoms with van der Waals surface area (Å²) in [5.41, 5.74) is 6.83. The number of nitrogens with one attached hydrogen (secondary N) is 1. The van der Waals surface area contributed by atoms with E-state index in [-0.39, 0.29) is 30.4 Å². The second-order valence-electron chi connectivity index (χ2n) is 5.52. The number of hydrogen-bond donors (Lipinski definition) is 4. The average Bonchev–Trinajstić information content (AvgIpc) is 2.57. The summed E-state index contributed by atoms with van der Waals surface area (Å²) in [5.74, 6) is -1.01. The van der Waals surface area contributed by atoms with Crippen LogP contribution in [0.4, 0.5) is 0 Å². The molecule has 0 saturated heterocycles. The lowest BCUT2D eigenvalue weighted by molar-refractivity contribution is 0.0987. The topological polar surface area (TPSA) is 122 Å². The number of amides is 1. The lowest BCUT2D eigenvalue weighted by atomic mass is 10.1. The van der Waals surface area contributed by atoms with Gasteiger partial charge in [0.05, 0.1) is 12.1 Å². The fourth-order valence-corrected chi connectivity index (χ4v) is 2.20. The Balaban J connectivity index is 1.81. The molecule has 2 aromatic carbocycles. The Morgan fingerprint density at radius 3 is 2.56 bits per heavy atom. The number of nitrogens with two attached hydrogens (primary N) is 1. The van der Waals surface area contributed by atoms with E-state index < -0.39 is 5.91 Å². The number of primary amides is 1. The van der Waals surface area contributed by atoms with E-state index in [2.05, 4.69) is 5.32 Å². The number of hydrogen-bond acceptors (Lipinski definition) is 6. The number of aryl methyl sites for hydroxylation is 1. The second kappa shape index (κ2) is 8.16. The summed E-state index contributed by atoms with van der Waals surface area (Å²) in [7, 11) is 0. The maximum atomic E-state index is 12.0. The predicted molar refractivity (Wildman–Crippen MR) is 92.2 cm³/mol. The zero-order chi connectivity index (χ0) is 18.4. The van der Waals surface area contributed by atoms with Crippen LogP contribution in [0.5, 0.6) is 17.2 Å². The van der Waals surface area contributed by atoms with Crippen LogP contribution < -0.4 is 15.8 Å². The number of carbonyl (C=O) groups excluding carboxylic acids is 2. The van der Waals surface area contributed by atoms with E-state index in [1.165, 1.54) is 18.2 Å². The van der Waals surface area contributed by atoms with E-state index in [4.69, 9.17) is 10.5 Å². The van der Waals surface area contributed by atoms with Gasteiger partial charge in [-0.2, -0.15) is 0 Å². The van der Waals surface area contributed by atoms with Gasteiger partial charge in [0.1, 0.15) is 12.4 Å². The molecule has 0 aliphatic rings. The van der Waals surface area contributed by atoms with Gasteiger partial charge in [0.15, 0.2) is 17.3 Å². The molecule has 0 radical (unpaired) electrons. The third-order valence-electron chi connectivity index (χ3n) is 3.52. The normalized spacial score (nSPS) is 10.4. The molecule has 132 valence electrons. The zero-order valence-corrected chi connectivity index (χ0v) is 13.8. The fraction of sp³-hybridized carbons (Fsp3) is 0.222. The Morgan fingerprint density at radius 2 is 1.88 bits per heavy atom. The van der Waals surface area contributed by atoms with Crippen molar-refractivity contribution in [3.63, 3.8) is 0 Å². The molecule has 1 amide bonds. The van der Waals surface area contributed by atoms with Gasteiger partial charge in [-0.3, -0.25) is 9.59 Å². The highest BCUT2D eigenvalue weighted by Crippen LogP contribution is 2.24. The van der Waals surface area contributed by atoms with Crippen molar-refractivity contribution < 1.29 is 24.5 Å². The van der Waals surface area contributed by atoms with Crippen LogP contribution in [-0.2, 0) is 0 Å².